The normalized spacial score (nSPS) is 15.7. The van der Waals surface area contributed by atoms with E-state index in [0.717, 1.165) is 24.8 Å². The molecule has 10 heteroatoms. The highest BCUT2D eigenvalue weighted by molar-refractivity contribution is 6.14. The molecular weight excluding hydrogens is 488 g/mol. The van der Waals surface area contributed by atoms with E-state index < -0.39 is 10.3 Å². The van der Waals surface area contributed by atoms with E-state index in [1.807, 2.05) is 18.2 Å². The molecule has 1 aliphatic carbocycles. The number of benzene rings is 3. The van der Waals surface area contributed by atoms with E-state index in [0.29, 0.717) is 52.3 Å². The molecule has 0 spiro atoms. The summed E-state index contributed by atoms with van der Waals surface area (Å²) in [7, 11) is 2.86. The number of nitrogens with one attached hydrogen (secondary N) is 2. The molecule has 2 aliphatic rings. The SMILES string of the molecule is COc1cc(-c2ccc3c(c2OC)Nc2ccc(C4(C(N)=O)CCCCC4)cc2NC3=O)ccc1[N+](=O)[O-]. The summed E-state index contributed by atoms with van der Waals surface area (Å²) < 4.78 is 11.0. The molecule has 3 aromatic rings. The van der Waals surface area contributed by atoms with Gasteiger partial charge in [0, 0.05) is 11.6 Å². The number of ether oxygens (including phenoxy) is 2. The Morgan fingerprint density at radius 2 is 1.68 bits per heavy atom. The minimum atomic E-state index is -0.753. The number of carbonyl (C=O) groups is 2. The van der Waals surface area contributed by atoms with Gasteiger partial charge in [-0.15, -0.1) is 0 Å². The number of primary amides is 1. The summed E-state index contributed by atoms with van der Waals surface area (Å²) in [6, 6.07) is 13.5. The van der Waals surface area contributed by atoms with Crippen LogP contribution in [0, 0.1) is 10.1 Å². The van der Waals surface area contributed by atoms with Gasteiger partial charge in [-0.1, -0.05) is 25.3 Å². The molecule has 0 aromatic heterocycles. The molecule has 0 bridgehead atoms. The van der Waals surface area contributed by atoms with Crippen LogP contribution in [0.1, 0.15) is 48.0 Å². The first kappa shape index (κ1) is 25.1. The van der Waals surface area contributed by atoms with E-state index in [4.69, 9.17) is 15.2 Å². The summed E-state index contributed by atoms with van der Waals surface area (Å²) in [5, 5.41) is 17.6. The van der Waals surface area contributed by atoms with E-state index in [1.165, 1.54) is 20.3 Å². The maximum absolute atomic E-state index is 13.3. The molecule has 4 N–H and O–H groups in total. The molecule has 3 aromatic carbocycles. The van der Waals surface area contributed by atoms with Crippen molar-refractivity contribution in [1.29, 1.82) is 0 Å². The average molecular weight is 517 g/mol. The van der Waals surface area contributed by atoms with Gasteiger partial charge in [0.1, 0.15) is 0 Å². The standard InChI is InChI=1S/C28H28N4O6/c1-37-23-14-16(6-11-22(23)32(35)36)18-8-9-19-24(25(18)38-2)30-20-10-7-17(15-21(20)31-26(19)33)28(27(29)34)12-4-3-5-13-28/h6-11,14-15,30H,3-5,12-13H2,1-2H3,(H2,29,34)(H,31,33). The number of hydrogen-bond acceptors (Lipinski definition) is 7. The number of anilines is 3. The topological polar surface area (TPSA) is 146 Å². The zero-order valence-electron chi connectivity index (χ0n) is 21.1. The zero-order chi connectivity index (χ0) is 27.0. The van der Waals surface area contributed by atoms with Gasteiger partial charge in [-0.2, -0.15) is 0 Å². The third-order valence-corrected chi connectivity index (χ3v) is 7.55. The summed E-state index contributed by atoms with van der Waals surface area (Å²) in [5.74, 6) is -0.185. The van der Waals surface area contributed by atoms with Crippen LogP contribution in [0.5, 0.6) is 11.5 Å². The van der Waals surface area contributed by atoms with Crippen molar-refractivity contribution in [3.8, 4) is 22.6 Å². The highest BCUT2D eigenvalue weighted by Gasteiger charge is 2.40. The number of hydrogen-bond donors (Lipinski definition) is 3. The van der Waals surface area contributed by atoms with Gasteiger partial charge in [-0.05, 0) is 60.4 Å². The lowest BCUT2D eigenvalue weighted by Crippen LogP contribution is -2.42. The van der Waals surface area contributed by atoms with Gasteiger partial charge in [0.05, 0.1) is 47.2 Å². The second-order valence-corrected chi connectivity index (χ2v) is 9.56. The van der Waals surface area contributed by atoms with Crippen molar-refractivity contribution in [3.63, 3.8) is 0 Å². The molecule has 1 heterocycles. The number of methoxy groups -OCH3 is 2. The predicted molar refractivity (Wildman–Crippen MR) is 143 cm³/mol. The van der Waals surface area contributed by atoms with Crippen LogP contribution in [0.3, 0.4) is 0 Å². The van der Waals surface area contributed by atoms with E-state index in [-0.39, 0.29) is 23.3 Å². The minimum Gasteiger partial charge on any atom is -0.494 e. The van der Waals surface area contributed by atoms with Crippen molar-refractivity contribution in [2.75, 3.05) is 24.9 Å². The molecule has 0 saturated heterocycles. The lowest BCUT2D eigenvalue weighted by atomic mass is 9.69. The summed E-state index contributed by atoms with van der Waals surface area (Å²) in [4.78, 5) is 36.7. The molecule has 2 amide bonds. The maximum atomic E-state index is 13.3. The fraction of sp³-hybridized carbons (Fsp3) is 0.286. The summed E-state index contributed by atoms with van der Waals surface area (Å²) >= 11 is 0. The highest BCUT2D eigenvalue weighted by atomic mass is 16.6. The molecule has 1 fully saturated rings. The van der Waals surface area contributed by atoms with E-state index in [2.05, 4.69) is 10.6 Å². The molecule has 0 unspecified atom stereocenters. The fourth-order valence-electron chi connectivity index (χ4n) is 5.54. The number of nitrogens with two attached hydrogens (primary N) is 1. The summed E-state index contributed by atoms with van der Waals surface area (Å²) in [6.07, 6.45) is 4.26. The lowest BCUT2D eigenvalue weighted by Gasteiger charge is -2.35. The Morgan fingerprint density at radius 1 is 0.947 bits per heavy atom. The second kappa shape index (κ2) is 9.70. The molecule has 1 saturated carbocycles. The molecule has 10 nitrogen and oxygen atoms in total. The number of carbonyl (C=O) groups excluding carboxylic acids is 2. The average Bonchev–Trinajstić information content (AvgIpc) is 3.07. The Hall–Kier alpha value is -4.60. The number of nitro groups is 1. The van der Waals surface area contributed by atoms with Crippen LogP contribution < -0.4 is 25.8 Å². The van der Waals surface area contributed by atoms with Gasteiger partial charge in [0.25, 0.3) is 5.91 Å². The largest absolute Gasteiger partial charge is 0.494 e. The van der Waals surface area contributed by atoms with Crippen LogP contribution in [0.25, 0.3) is 11.1 Å². The lowest BCUT2D eigenvalue weighted by molar-refractivity contribution is -0.385. The van der Waals surface area contributed by atoms with Crippen LogP contribution in [-0.4, -0.2) is 31.0 Å². The van der Waals surface area contributed by atoms with Crippen LogP contribution in [0.2, 0.25) is 0 Å². The second-order valence-electron chi connectivity index (χ2n) is 9.56. The van der Waals surface area contributed by atoms with Gasteiger partial charge in [0.15, 0.2) is 11.5 Å². The monoisotopic (exact) mass is 516 g/mol. The van der Waals surface area contributed by atoms with Crippen molar-refractivity contribution in [2.45, 2.75) is 37.5 Å². The molecule has 0 radical (unpaired) electrons. The van der Waals surface area contributed by atoms with E-state index in [9.17, 15) is 19.7 Å². The quantitative estimate of drug-likeness (QED) is 0.299. The summed E-state index contributed by atoms with van der Waals surface area (Å²) in [5.41, 5.74) is 9.00. The third kappa shape index (κ3) is 4.07. The van der Waals surface area contributed by atoms with Gasteiger partial charge in [0.2, 0.25) is 5.91 Å². The number of rotatable bonds is 6. The highest BCUT2D eigenvalue weighted by Crippen LogP contribution is 2.46. The fourth-order valence-corrected chi connectivity index (χ4v) is 5.54. The molecular formula is C28H28N4O6. The molecule has 196 valence electrons. The Morgan fingerprint density at radius 3 is 2.34 bits per heavy atom. The van der Waals surface area contributed by atoms with Crippen LogP contribution in [0.15, 0.2) is 48.5 Å². The Bertz CT molecular complexity index is 1460. The minimum absolute atomic E-state index is 0.110. The van der Waals surface area contributed by atoms with Crippen molar-refractivity contribution in [1.82, 2.24) is 0 Å². The first-order chi connectivity index (χ1) is 18.3. The number of amides is 2. The number of nitro benzene ring substituents is 1. The number of nitrogens with zero attached hydrogens (tertiary/aromatic N) is 1. The third-order valence-electron chi connectivity index (χ3n) is 7.55. The van der Waals surface area contributed by atoms with Gasteiger partial charge >= 0.3 is 5.69 Å². The van der Waals surface area contributed by atoms with Crippen molar-refractivity contribution < 1.29 is 24.0 Å². The van der Waals surface area contributed by atoms with Crippen molar-refractivity contribution in [3.05, 3.63) is 69.8 Å². The smallest absolute Gasteiger partial charge is 0.310 e. The zero-order valence-corrected chi connectivity index (χ0v) is 21.1. The first-order valence-electron chi connectivity index (χ1n) is 12.4. The number of fused-ring (bicyclic) bond motifs is 2. The Kier molecular flexibility index (Phi) is 6.40. The van der Waals surface area contributed by atoms with Crippen molar-refractivity contribution in [2.24, 2.45) is 5.73 Å². The van der Waals surface area contributed by atoms with E-state index >= 15 is 0 Å². The van der Waals surface area contributed by atoms with Crippen LogP contribution in [-0.2, 0) is 10.2 Å². The first-order valence-corrected chi connectivity index (χ1v) is 12.4. The Balaban J connectivity index is 1.59. The van der Waals surface area contributed by atoms with Crippen LogP contribution in [0.4, 0.5) is 22.7 Å². The van der Waals surface area contributed by atoms with Crippen molar-refractivity contribution >= 4 is 34.6 Å². The Labute approximate surface area is 219 Å². The molecule has 1 aliphatic heterocycles. The summed E-state index contributed by atoms with van der Waals surface area (Å²) in [6.45, 7) is 0. The van der Waals surface area contributed by atoms with Crippen LogP contribution >= 0.6 is 0 Å². The van der Waals surface area contributed by atoms with Gasteiger partial charge in [-0.3, -0.25) is 19.7 Å². The van der Waals surface area contributed by atoms with E-state index in [1.54, 1.807) is 24.3 Å². The molecule has 38 heavy (non-hydrogen) atoms. The molecule has 0 atom stereocenters. The van der Waals surface area contributed by atoms with Gasteiger partial charge in [-0.25, -0.2) is 0 Å². The molecule has 5 rings (SSSR count). The van der Waals surface area contributed by atoms with Gasteiger partial charge < -0.3 is 25.8 Å². The predicted octanol–water partition coefficient (Wildman–Crippen LogP) is 5.28. The maximum Gasteiger partial charge on any atom is 0.310 e.